The highest BCUT2D eigenvalue weighted by Crippen LogP contribution is 1.92. The van der Waals surface area contributed by atoms with Crippen LogP contribution in [0.4, 0.5) is 0 Å². The third-order valence-electron chi connectivity index (χ3n) is 2.26. The lowest BCUT2D eigenvalue weighted by Gasteiger charge is -1.98. The summed E-state index contributed by atoms with van der Waals surface area (Å²) in [5.74, 6) is 0. The second-order valence-corrected chi connectivity index (χ2v) is 3.25. The number of nitrogens with two attached hydrogens (primary N) is 1. The third-order valence-corrected chi connectivity index (χ3v) is 2.26. The van der Waals surface area contributed by atoms with Gasteiger partial charge < -0.3 is 5.73 Å². The Balaban J connectivity index is 3.53. The smallest absolute Gasteiger partial charge is 0.0128 e. The van der Waals surface area contributed by atoms with Crippen LogP contribution < -0.4 is 16.2 Å². The molecule has 1 aromatic rings. The summed E-state index contributed by atoms with van der Waals surface area (Å²) in [5, 5.41) is 2.39. The molecular formula is C12H17N. The molecule has 0 aliphatic rings. The van der Waals surface area contributed by atoms with E-state index >= 15 is 0 Å². The lowest BCUT2D eigenvalue weighted by Crippen LogP contribution is -2.28. The molecule has 2 N–H and O–H groups in total. The standard InChI is InChI=1S/C12H17N/c1-4-10-6-7-12(9(3)13)11(5-2)8-10/h5-8H,4,13H2,1-3H3/b11-5-,12-9-. The molecule has 13 heavy (non-hydrogen) atoms. The van der Waals surface area contributed by atoms with Gasteiger partial charge in [-0.25, -0.2) is 0 Å². The van der Waals surface area contributed by atoms with Crippen LogP contribution in [0.3, 0.4) is 0 Å². The van der Waals surface area contributed by atoms with E-state index in [0.717, 1.165) is 17.3 Å². The highest BCUT2D eigenvalue weighted by atomic mass is 14.5. The van der Waals surface area contributed by atoms with Crippen LogP contribution in [0.25, 0.3) is 11.8 Å². The van der Waals surface area contributed by atoms with Gasteiger partial charge in [-0.2, -0.15) is 0 Å². The summed E-state index contributed by atoms with van der Waals surface area (Å²) in [7, 11) is 0. The third kappa shape index (κ3) is 2.11. The van der Waals surface area contributed by atoms with Crippen molar-refractivity contribution in [2.75, 3.05) is 0 Å². The van der Waals surface area contributed by atoms with Gasteiger partial charge in [-0.05, 0) is 36.3 Å². The van der Waals surface area contributed by atoms with E-state index in [1.165, 1.54) is 10.8 Å². The Morgan fingerprint density at radius 3 is 2.62 bits per heavy atom. The van der Waals surface area contributed by atoms with Crippen LogP contribution in [-0.2, 0) is 6.42 Å². The van der Waals surface area contributed by atoms with Crippen LogP contribution in [0.1, 0.15) is 26.3 Å². The van der Waals surface area contributed by atoms with E-state index < -0.39 is 0 Å². The molecule has 0 aliphatic heterocycles. The van der Waals surface area contributed by atoms with Crippen LogP contribution in [0, 0.1) is 0 Å². The van der Waals surface area contributed by atoms with E-state index in [1.54, 1.807) is 0 Å². The van der Waals surface area contributed by atoms with Gasteiger partial charge >= 0.3 is 0 Å². The molecule has 0 unspecified atom stereocenters. The van der Waals surface area contributed by atoms with Gasteiger partial charge in [0.1, 0.15) is 0 Å². The van der Waals surface area contributed by atoms with Gasteiger partial charge in [0.05, 0.1) is 0 Å². The molecule has 1 nitrogen and oxygen atoms in total. The number of aryl methyl sites for hydroxylation is 1. The molecule has 0 bridgehead atoms. The minimum Gasteiger partial charge on any atom is -0.402 e. The summed E-state index contributed by atoms with van der Waals surface area (Å²) in [6.45, 7) is 6.14. The van der Waals surface area contributed by atoms with Gasteiger partial charge in [0, 0.05) is 5.70 Å². The first-order chi connectivity index (χ1) is 6.19. The second-order valence-electron chi connectivity index (χ2n) is 3.25. The van der Waals surface area contributed by atoms with E-state index in [9.17, 15) is 0 Å². The van der Waals surface area contributed by atoms with Crippen molar-refractivity contribution in [3.05, 3.63) is 34.2 Å². The van der Waals surface area contributed by atoms with Crippen molar-refractivity contribution in [1.82, 2.24) is 0 Å². The Hall–Kier alpha value is -1.24. The molecule has 0 radical (unpaired) electrons. The zero-order valence-corrected chi connectivity index (χ0v) is 8.59. The number of hydrogen-bond donors (Lipinski definition) is 1. The second kappa shape index (κ2) is 4.13. The molecule has 0 saturated heterocycles. The van der Waals surface area contributed by atoms with Crippen molar-refractivity contribution < 1.29 is 0 Å². The minimum atomic E-state index is 0.885. The minimum absolute atomic E-state index is 0.885. The summed E-state index contributed by atoms with van der Waals surface area (Å²) in [5.41, 5.74) is 8.02. The van der Waals surface area contributed by atoms with E-state index in [1.807, 2.05) is 13.8 Å². The summed E-state index contributed by atoms with van der Waals surface area (Å²) in [4.78, 5) is 0. The maximum atomic E-state index is 5.78. The molecule has 1 rings (SSSR count). The van der Waals surface area contributed by atoms with Crippen LogP contribution in [0.15, 0.2) is 18.2 Å². The van der Waals surface area contributed by atoms with Crippen LogP contribution in [0.2, 0.25) is 0 Å². The Morgan fingerprint density at radius 1 is 1.46 bits per heavy atom. The van der Waals surface area contributed by atoms with E-state index in [2.05, 4.69) is 31.2 Å². The first kappa shape index (κ1) is 9.85. The molecule has 1 aromatic carbocycles. The first-order valence-electron chi connectivity index (χ1n) is 4.70. The normalized spacial score (nSPS) is 14.5. The lowest BCUT2D eigenvalue weighted by atomic mass is 10.1. The number of hydrogen-bond acceptors (Lipinski definition) is 1. The largest absolute Gasteiger partial charge is 0.402 e. The highest BCUT2D eigenvalue weighted by Gasteiger charge is 1.91. The maximum absolute atomic E-state index is 5.78. The Morgan fingerprint density at radius 2 is 2.15 bits per heavy atom. The SMILES string of the molecule is C/C=c1/cc(CC)cc/c1=C(\C)N. The van der Waals surface area contributed by atoms with Crippen molar-refractivity contribution in [2.24, 2.45) is 5.73 Å². The fourth-order valence-electron chi connectivity index (χ4n) is 1.43. The van der Waals surface area contributed by atoms with Gasteiger partial charge in [0.2, 0.25) is 0 Å². The van der Waals surface area contributed by atoms with Gasteiger partial charge in [-0.3, -0.25) is 0 Å². The van der Waals surface area contributed by atoms with Crippen molar-refractivity contribution in [2.45, 2.75) is 27.2 Å². The fourth-order valence-corrected chi connectivity index (χ4v) is 1.43. The van der Waals surface area contributed by atoms with Crippen LogP contribution in [-0.4, -0.2) is 0 Å². The summed E-state index contributed by atoms with van der Waals surface area (Å²) in [6, 6.07) is 6.44. The molecule has 0 spiro atoms. The van der Waals surface area contributed by atoms with Gasteiger partial charge in [0.15, 0.2) is 0 Å². The van der Waals surface area contributed by atoms with Crippen molar-refractivity contribution in [1.29, 1.82) is 0 Å². The van der Waals surface area contributed by atoms with Gasteiger partial charge in [0.25, 0.3) is 0 Å². The Labute approximate surface area is 79.6 Å². The predicted molar refractivity (Wildman–Crippen MR) is 58.5 cm³/mol. The molecule has 70 valence electrons. The molecule has 0 atom stereocenters. The summed E-state index contributed by atoms with van der Waals surface area (Å²) < 4.78 is 0. The van der Waals surface area contributed by atoms with Crippen molar-refractivity contribution >= 4 is 11.8 Å². The molecule has 0 amide bonds. The monoisotopic (exact) mass is 175 g/mol. The fraction of sp³-hybridized carbons (Fsp3) is 0.333. The van der Waals surface area contributed by atoms with Crippen molar-refractivity contribution in [3.8, 4) is 0 Å². The first-order valence-corrected chi connectivity index (χ1v) is 4.70. The molecule has 0 saturated carbocycles. The predicted octanol–water partition coefficient (Wildman–Crippen LogP) is 1.14. The summed E-state index contributed by atoms with van der Waals surface area (Å²) >= 11 is 0. The Kier molecular flexibility index (Phi) is 3.13. The molecule has 1 heteroatoms. The van der Waals surface area contributed by atoms with Gasteiger partial charge in [-0.1, -0.05) is 31.2 Å². The topological polar surface area (TPSA) is 26.0 Å². The quantitative estimate of drug-likeness (QED) is 0.680. The molecule has 0 heterocycles. The Bertz CT molecular complexity index is 398. The lowest BCUT2D eigenvalue weighted by molar-refractivity contribution is 1.13. The van der Waals surface area contributed by atoms with Gasteiger partial charge in [-0.15, -0.1) is 0 Å². The van der Waals surface area contributed by atoms with Crippen LogP contribution in [0.5, 0.6) is 0 Å². The molecule has 0 aromatic heterocycles. The van der Waals surface area contributed by atoms with E-state index in [-0.39, 0.29) is 0 Å². The average Bonchev–Trinajstić information content (AvgIpc) is 2.16. The van der Waals surface area contributed by atoms with E-state index in [0.29, 0.717) is 0 Å². The molecule has 0 fully saturated rings. The number of rotatable bonds is 1. The maximum Gasteiger partial charge on any atom is 0.0128 e. The van der Waals surface area contributed by atoms with E-state index in [4.69, 9.17) is 5.73 Å². The zero-order chi connectivity index (χ0) is 9.84. The van der Waals surface area contributed by atoms with Crippen molar-refractivity contribution in [3.63, 3.8) is 0 Å². The zero-order valence-electron chi connectivity index (χ0n) is 8.59. The van der Waals surface area contributed by atoms with Crippen LogP contribution >= 0.6 is 0 Å². The number of benzene rings is 1. The molecule has 0 aliphatic carbocycles. The summed E-state index contributed by atoms with van der Waals surface area (Å²) in [6.07, 6.45) is 3.18. The average molecular weight is 175 g/mol. The molecular weight excluding hydrogens is 158 g/mol. The highest BCUT2D eigenvalue weighted by molar-refractivity contribution is 5.40.